The standard InChI is InChI=1S/C24H36N2O/c1-2-3-4-5-6-7-8-9-10-11-12-13-14-15-18-27-24-17-16-22(20-25)23(19-24)21-26/h16-17,19H,2-15,18H2,1H3. The highest BCUT2D eigenvalue weighted by Crippen LogP contribution is 2.17. The molecule has 0 aliphatic heterocycles. The quantitative estimate of drug-likeness (QED) is 0.288. The molecule has 0 saturated heterocycles. The topological polar surface area (TPSA) is 56.8 Å². The van der Waals surface area contributed by atoms with Gasteiger partial charge in [0.1, 0.15) is 17.9 Å². The summed E-state index contributed by atoms with van der Waals surface area (Å²) in [6.45, 7) is 2.95. The van der Waals surface area contributed by atoms with Crippen LogP contribution in [0.2, 0.25) is 0 Å². The van der Waals surface area contributed by atoms with Crippen LogP contribution in [0.15, 0.2) is 18.2 Å². The summed E-state index contributed by atoms with van der Waals surface area (Å²) in [7, 11) is 0. The van der Waals surface area contributed by atoms with Crippen molar-refractivity contribution in [3.05, 3.63) is 29.3 Å². The van der Waals surface area contributed by atoms with Crippen molar-refractivity contribution in [2.75, 3.05) is 6.61 Å². The molecule has 0 aliphatic rings. The second-order valence-electron chi connectivity index (χ2n) is 7.38. The van der Waals surface area contributed by atoms with Crippen molar-refractivity contribution in [3.63, 3.8) is 0 Å². The molecule has 0 N–H and O–H groups in total. The van der Waals surface area contributed by atoms with Gasteiger partial charge in [-0.1, -0.05) is 90.4 Å². The number of nitrogens with zero attached hydrogens (tertiary/aromatic N) is 2. The first-order chi connectivity index (χ1) is 13.3. The average Bonchev–Trinajstić information content (AvgIpc) is 2.70. The number of hydrogen-bond donors (Lipinski definition) is 0. The van der Waals surface area contributed by atoms with Crippen molar-refractivity contribution in [3.8, 4) is 17.9 Å². The van der Waals surface area contributed by atoms with Crippen LogP contribution in [-0.4, -0.2) is 6.61 Å². The van der Waals surface area contributed by atoms with E-state index in [9.17, 15) is 0 Å². The Bertz CT molecular complexity index is 583. The fourth-order valence-electron chi connectivity index (χ4n) is 3.29. The van der Waals surface area contributed by atoms with Crippen LogP contribution in [0.1, 0.15) is 108 Å². The Morgan fingerprint density at radius 2 is 1.15 bits per heavy atom. The third kappa shape index (κ3) is 11.3. The van der Waals surface area contributed by atoms with E-state index < -0.39 is 0 Å². The summed E-state index contributed by atoms with van der Waals surface area (Å²) in [5.74, 6) is 0.681. The molecule has 0 unspecified atom stereocenters. The monoisotopic (exact) mass is 368 g/mol. The van der Waals surface area contributed by atoms with Crippen LogP contribution < -0.4 is 4.74 Å². The molecule has 0 atom stereocenters. The van der Waals surface area contributed by atoms with Crippen LogP contribution in [0, 0.1) is 22.7 Å². The molecule has 0 aliphatic carbocycles. The van der Waals surface area contributed by atoms with Crippen molar-refractivity contribution in [1.82, 2.24) is 0 Å². The SMILES string of the molecule is CCCCCCCCCCCCCCCCOc1ccc(C#N)c(C#N)c1. The summed E-state index contributed by atoms with van der Waals surface area (Å²) in [6.07, 6.45) is 18.8. The van der Waals surface area contributed by atoms with Crippen molar-refractivity contribution in [2.45, 2.75) is 96.8 Å². The van der Waals surface area contributed by atoms with Gasteiger partial charge in [0.05, 0.1) is 17.7 Å². The zero-order valence-electron chi connectivity index (χ0n) is 17.1. The summed E-state index contributed by atoms with van der Waals surface area (Å²) in [5, 5.41) is 17.9. The van der Waals surface area contributed by atoms with E-state index in [-0.39, 0.29) is 0 Å². The van der Waals surface area contributed by atoms with Crippen LogP contribution in [-0.2, 0) is 0 Å². The second kappa shape index (κ2) is 16.2. The lowest BCUT2D eigenvalue weighted by atomic mass is 10.0. The zero-order chi connectivity index (χ0) is 19.6. The lowest BCUT2D eigenvalue weighted by Gasteiger charge is -2.07. The average molecular weight is 369 g/mol. The fourth-order valence-corrected chi connectivity index (χ4v) is 3.29. The fraction of sp³-hybridized carbons (Fsp3) is 0.667. The Morgan fingerprint density at radius 3 is 1.63 bits per heavy atom. The molecule has 0 heterocycles. The molecule has 3 heteroatoms. The van der Waals surface area contributed by atoms with Gasteiger partial charge in [0.25, 0.3) is 0 Å². The van der Waals surface area contributed by atoms with Gasteiger partial charge < -0.3 is 4.74 Å². The van der Waals surface area contributed by atoms with Crippen LogP contribution in [0.25, 0.3) is 0 Å². The van der Waals surface area contributed by atoms with E-state index in [0.29, 0.717) is 23.5 Å². The third-order valence-electron chi connectivity index (χ3n) is 5.00. The van der Waals surface area contributed by atoms with Gasteiger partial charge >= 0.3 is 0 Å². The minimum Gasteiger partial charge on any atom is -0.494 e. The first-order valence-corrected chi connectivity index (χ1v) is 10.9. The molecule has 0 saturated carbocycles. The highest BCUT2D eigenvalue weighted by molar-refractivity contribution is 5.49. The lowest BCUT2D eigenvalue weighted by Crippen LogP contribution is -1.98. The first-order valence-electron chi connectivity index (χ1n) is 10.9. The molecule has 0 amide bonds. The Hall–Kier alpha value is -2.00. The summed E-state index contributed by atoms with van der Waals surface area (Å²) in [4.78, 5) is 0. The van der Waals surface area contributed by atoms with Gasteiger partial charge in [0.15, 0.2) is 0 Å². The maximum absolute atomic E-state index is 9.02. The maximum Gasteiger partial charge on any atom is 0.120 e. The van der Waals surface area contributed by atoms with Crippen molar-refractivity contribution >= 4 is 0 Å². The number of hydrogen-bond acceptors (Lipinski definition) is 3. The maximum atomic E-state index is 9.02. The molecule has 0 spiro atoms. The van der Waals surface area contributed by atoms with Gasteiger partial charge in [-0.15, -0.1) is 0 Å². The molecule has 0 bridgehead atoms. The Balaban J connectivity index is 1.91. The molecule has 0 fully saturated rings. The molecular formula is C24H36N2O. The molecule has 148 valence electrons. The van der Waals surface area contributed by atoms with E-state index >= 15 is 0 Å². The van der Waals surface area contributed by atoms with Crippen LogP contribution in [0.5, 0.6) is 5.75 Å². The van der Waals surface area contributed by atoms with E-state index in [1.165, 1.54) is 83.5 Å². The van der Waals surface area contributed by atoms with Gasteiger partial charge in [-0.3, -0.25) is 0 Å². The smallest absolute Gasteiger partial charge is 0.120 e. The predicted molar refractivity (Wildman–Crippen MR) is 112 cm³/mol. The number of nitriles is 2. The lowest BCUT2D eigenvalue weighted by molar-refractivity contribution is 0.304. The highest BCUT2D eigenvalue weighted by Gasteiger charge is 2.03. The molecule has 1 rings (SSSR count). The molecule has 0 aromatic heterocycles. The van der Waals surface area contributed by atoms with Gasteiger partial charge in [0, 0.05) is 0 Å². The van der Waals surface area contributed by atoms with Crippen molar-refractivity contribution < 1.29 is 4.74 Å². The molecule has 1 aromatic carbocycles. The van der Waals surface area contributed by atoms with Gasteiger partial charge in [0.2, 0.25) is 0 Å². The van der Waals surface area contributed by atoms with Crippen LogP contribution in [0.3, 0.4) is 0 Å². The Kier molecular flexibility index (Phi) is 13.8. The van der Waals surface area contributed by atoms with Gasteiger partial charge in [-0.05, 0) is 24.6 Å². The van der Waals surface area contributed by atoms with E-state index in [4.69, 9.17) is 15.3 Å². The first kappa shape index (κ1) is 23.0. The van der Waals surface area contributed by atoms with Gasteiger partial charge in [-0.25, -0.2) is 0 Å². The van der Waals surface area contributed by atoms with E-state index in [0.717, 1.165) is 6.42 Å². The third-order valence-corrected chi connectivity index (χ3v) is 5.00. The van der Waals surface area contributed by atoms with Crippen molar-refractivity contribution in [2.24, 2.45) is 0 Å². The van der Waals surface area contributed by atoms with E-state index in [1.807, 2.05) is 12.1 Å². The number of benzene rings is 1. The Morgan fingerprint density at radius 1 is 0.667 bits per heavy atom. The normalized spacial score (nSPS) is 10.3. The Labute approximate surface area is 166 Å². The number of unbranched alkanes of at least 4 members (excludes halogenated alkanes) is 13. The zero-order valence-corrected chi connectivity index (χ0v) is 17.1. The summed E-state index contributed by atoms with van der Waals surface area (Å²) in [5.41, 5.74) is 0.789. The number of ether oxygens (including phenoxy) is 1. The predicted octanol–water partition coefficient (Wildman–Crippen LogP) is 7.29. The largest absolute Gasteiger partial charge is 0.494 e. The minimum absolute atomic E-state index is 0.385. The summed E-state index contributed by atoms with van der Waals surface area (Å²) in [6, 6.07) is 9.13. The van der Waals surface area contributed by atoms with Crippen LogP contribution in [0.4, 0.5) is 0 Å². The summed E-state index contributed by atoms with van der Waals surface area (Å²) < 4.78 is 5.69. The van der Waals surface area contributed by atoms with Crippen molar-refractivity contribution in [1.29, 1.82) is 10.5 Å². The van der Waals surface area contributed by atoms with Crippen LogP contribution >= 0.6 is 0 Å². The van der Waals surface area contributed by atoms with Gasteiger partial charge in [-0.2, -0.15) is 10.5 Å². The minimum atomic E-state index is 0.385. The molecule has 3 nitrogen and oxygen atoms in total. The number of rotatable bonds is 16. The molecule has 27 heavy (non-hydrogen) atoms. The van der Waals surface area contributed by atoms with E-state index in [2.05, 4.69) is 6.92 Å². The summed E-state index contributed by atoms with van der Waals surface area (Å²) >= 11 is 0. The molecular weight excluding hydrogens is 332 g/mol. The van der Waals surface area contributed by atoms with E-state index in [1.54, 1.807) is 18.2 Å². The molecule has 0 radical (unpaired) electrons. The highest BCUT2D eigenvalue weighted by atomic mass is 16.5. The second-order valence-corrected chi connectivity index (χ2v) is 7.38. The molecule has 1 aromatic rings.